The Morgan fingerprint density at radius 2 is 2.00 bits per heavy atom. The SMILES string of the molecule is NOC(=O)[C@@H](N)CC(N)=O. The molecule has 10 heavy (non-hydrogen) atoms. The Labute approximate surface area is 57.2 Å². The van der Waals surface area contributed by atoms with Crippen molar-refractivity contribution in [2.75, 3.05) is 0 Å². The van der Waals surface area contributed by atoms with Crippen LogP contribution in [0.2, 0.25) is 0 Å². The summed E-state index contributed by atoms with van der Waals surface area (Å²) in [5.41, 5.74) is 9.79. The number of nitrogens with two attached hydrogens (primary N) is 3. The van der Waals surface area contributed by atoms with Crippen LogP contribution in [0.1, 0.15) is 6.42 Å². The summed E-state index contributed by atoms with van der Waals surface area (Å²) >= 11 is 0. The average molecular weight is 147 g/mol. The van der Waals surface area contributed by atoms with E-state index in [1.54, 1.807) is 0 Å². The van der Waals surface area contributed by atoms with E-state index in [1.165, 1.54) is 0 Å². The van der Waals surface area contributed by atoms with Crippen molar-refractivity contribution >= 4 is 11.9 Å². The first kappa shape index (κ1) is 8.86. The molecular formula is C4H9N3O3. The molecule has 0 spiro atoms. The van der Waals surface area contributed by atoms with Crippen LogP contribution in [0.15, 0.2) is 0 Å². The van der Waals surface area contributed by atoms with Crippen molar-refractivity contribution in [2.45, 2.75) is 12.5 Å². The molecule has 0 aromatic heterocycles. The molecule has 0 saturated heterocycles. The number of carbonyl (C=O) groups excluding carboxylic acids is 2. The molecule has 0 radical (unpaired) electrons. The standard InChI is InChI=1S/C4H9N3O3/c5-2(1-3(6)8)4(9)10-7/h2H,1,5,7H2,(H2,6,8)/t2-/m0/s1. The summed E-state index contributed by atoms with van der Waals surface area (Å²) < 4.78 is 0. The molecular weight excluding hydrogens is 138 g/mol. The highest BCUT2D eigenvalue weighted by Crippen LogP contribution is 1.87. The Kier molecular flexibility index (Phi) is 3.37. The largest absolute Gasteiger partial charge is 0.372 e. The predicted octanol–water partition coefficient (Wildman–Crippen LogP) is -2.39. The lowest BCUT2D eigenvalue weighted by Gasteiger charge is -2.03. The van der Waals surface area contributed by atoms with Gasteiger partial charge >= 0.3 is 5.97 Å². The van der Waals surface area contributed by atoms with Crippen molar-refractivity contribution < 1.29 is 14.4 Å². The van der Waals surface area contributed by atoms with Gasteiger partial charge in [-0.3, -0.25) is 4.79 Å². The van der Waals surface area contributed by atoms with E-state index in [1.807, 2.05) is 0 Å². The lowest BCUT2D eigenvalue weighted by Crippen LogP contribution is -2.37. The smallest absolute Gasteiger partial charge is 0.341 e. The summed E-state index contributed by atoms with van der Waals surface area (Å²) in [6.07, 6.45) is -0.254. The molecule has 0 aromatic carbocycles. The molecule has 6 N–H and O–H groups in total. The predicted molar refractivity (Wildman–Crippen MR) is 32.1 cm³/mol. The van der Waals surface area contributed by atoms with Crippen molar-refractivity contribution in [1.29, 1.82) is 0 Å². The van der Waals surface area contributed by atoms with Gasteiger partial charge in [-0.1, -0.05) is 0 Å². The lowest BCUT2D eigenvalue weighted by atomic mass is 10.2. The van der Waals surface area contributed by atoms with E-state index in [0.29, 0.717) is 0 Å². The van der Waals surface area contributed by atoms with Crippen molar-refractivity contribution in [1.82, 2.24) is 0 Å². The molecule has 6 nitrogen and oxygen atoms in total. The summed E-state index contributed by atoms with van der Waals surface area (Å²) in [5, 5.41) is 0. The van der Waals surface area contributed by atoms with Gasteiger partial charge in [0.25, 0.3) is 0 Å². The summed E-state index contributed by atoms with van der Waals surface area (Å²) in [6, 6.07) is -1.05. The van der Waals surface area contributed by atoms with E-state index in [-0.39, 0.29) is 6.42 Å². The first-order valence-electron chi connectivity index (χ1n) is 2.52. The number of amides is 1. The molecule has 0 heterocycles. The minimum absolute atomic E-state index is 0.254. The van der Waals surface area contributed by atoms with Crippen LogP contribution in [0.25, 0.3) is 0 Å². The van der Waals surface area contributed by atoms with Gasteiger partial charge in [-0.2, -0.15) is 5.90 Å². The van der Waals surface area contributed by atoms with Crippen LogP contribution in [0.5, 0.6) is 0 Å². The first-order valence-corrected chi connectivity index (χ1v) is 2.52. The van der Waals surface area contributed by atoms with Crippen LogP contribution in [-0.2, 0) is 14.4 Å². The molecule has 0 bridgehead atoms. The molecule has 58 valence electrons. The van der Waals surface area contributed by atoms with Crippen LogP contribution < -0.4 is 17.4 Å². The molecule has 1 amide bonds. The maximum absolute atomic E-state index is 10.4. The zero-order valence-corrected chi connectivity index (χ0v) is 5.24. The lowest BCUT2D eigenvalue weighted by molar-refractivity contribution is -0.147. The van der Waals surface area contributed by atoms with E-state index in [0.717, 1.165) is 0 Å². The second-order valence-electron chi connectivity index (χ2n) is 1.71. The first-order chi connectivity index (χ1) is 4.57. The van der Waals surface area contributed by atoms with Gasteiger partial charge in [0.15, 0.2) is 0 Å². The quantitative estimate of drug-likeness (QED) is 0.384. The maximum atomic E-state index is 10.4. The number of hydrogen-bond acceptors (Lipinski definition) is 5. The number of carbonyl (C=O) groups is 2. The minimum Gasteiger partial charge on any atom is -0.372 e. The molecule has 0 saturated carbocycles. The third-order valence-electron chi connectivity index (χ3n) is 0.840. The zero-order chi connectivity index (χ0) is 8.15. The summed E-state index contributed by atoms with van der Waals surface area (Å²) in [6.45, 7) is 0. The summed E-state index contributed by atoms with van der Waals surface area (Å²) in [5.74, 6) is 2.95. The fourth-order valence-corrected chi connectivity index (χ4v) is 0.387. The highest BCUT2D eigenvalue weighted by molar-refractivity contribution is 5.83. The Morgan fingerprint density at radius 1 is 1.50 bits per heavy atom. The molecule has 0 aliphatic rings. The third-order valence-corrected chi connectivity index (χ3v) is 0.840. The van der Waals surface area contributed by atoms with Crippen molar-refractivity contribution in [3.8, 4) is 0 Å². The number of primary amides is 1. The molecule has 1 atom stereocenters. The fraction of sp³-hybridized carbons (Fsp3) is 0.500. The molecule has 0 aliphatic heterocycles. The van der Waals surface area contributed by atoms with E-state index in [4.69, 9.17) is 11.5 Å². The summed E-state index contributed by atoms with van der Waals surface area (Å²) in [4.78, 5) is 24.2. The molecule has 6 heteroatoms. The van der Waals surface area contributed by atoms with Crippen molar-refractivity contribution in [3.63, 3.8) is 0 Å². The van der Waals surface area contributed by atoms with E-state index in [9.17, 15) is 9.59 Å². The molecule has 0 rings (SSSR count). The Morgan fingerprint density at radius 3 is 2.30 bits per heavy atom. The van der Waals surface area contributed by atoms with Gasteiger partial charge in [0.1, 0.15) is 6.04 Å². The van der Waals surface area contributed by atoms with Gasteiger partial charge in [-0.15, -0.1) is 0 Å². The van der Waals surface area contributed by atoms with Crippen molar-refractivity contribution in [2.24, 2.45) is 17.4 Å². The molecule has 0 aliphatic carbocycles. The average Bonchev–Trinajstić information content (AvgIpc) is 1.85. The van der Waals surface area contributed by atoms with Crippen LogP contribution in [-0.4, -0.2) is 17.9 Å². The molecule has 0 aromatic rings. The van der Waals surface area contributed by atoms with Gasteiger partial charge in [-0.25, -0.2) is 4.79 Å². The topological polar surface area (TPSA) is 121 Å². The number of rotatable bonds is 3. The van der Waals surface area contributed by atoms with Gasteiger partial charge in [-0.05, 0) is 0 Å². The van der Waals surface area contributed by atoms with E-state index >= 15 is 0 Å². The van der Waals surface area contributed by atoms with Crippen LogP contribution >= 0.6 is 0 Å². The Bertz CT molecular complexity index is 147. The second kappa shape index (κ2) is 3.80. The summed E-state index contributed by atoms with van der Waals surface area (Å²) in [7, 11) is 0. The maximum Gasteiger partial charge on any atom is 0.341 e. The van der Waals surface area contributed by atoms with Crippen LogP contribution in [0.3, 0.4) is 0 Å². The Hall–Kier alpha value is -1.14. The van der Waals surface area contributed by atoms with E-state index < -0.39 is 17.9 Å². The molecule has 0 fully saturated rings. The Balaban J connectivity index is 3.72. The van der Waals surface area contributed by atoms with Crippen LogP contribution in [0.4, 0.5) is 0 Å². The van der Waals surface area contributed by atoms with Gasteiger partial charge < -0.3 is 16.3 Å². The van der Waals surface area contributed by atoms with Crippen molar-refractivity contribution in [3.05, 3.63) is 0 Å². The van der Waals surface area contributed by atoms with Gasteiger partial charge in [0.2, 0.25) is 5.91 Å². The fourth-order valence-electron chi connectivity index (χ4n) is 0.387. The molecule has 0 unspecified atom stereocenters. The van der Waals surface area contributed by atoms with E-state index in [2.05, 4.69) is 10.7 Å². The highest BCUT2D eigenvalue weighted by Gasteiger charge is 2.16. The normalized spacial score (nSPS) is 12.2. The highest BCUT2D eigenvalue weighted by atomic mass is 16.7. The van der Waals surface area contributed by atoms with Gasteiger partial charge in [0, 0.05) is 0 Å². The monoisotopic (exact) mass is 147 g/mol. The second-order valence-corrected chi connectivity index (χ2v) is 1.71. The minimum atomic E-state index is -1.05. The third kappa shape index (κ3) is 3.00. The van der Waals surface area contributed by atoms with Crippen LogP contribution in [0, 0.1) is 0 Å². The van der Waals surface area contributed by atoms with Gasteiger partial charge in [0.05, 0.1) is 6.42 Å². The number of hydrogen-bond donors (Lipinski definition) is 3. The zero-order valence-electron chi connectivity index (χ0n) is 5.24.